The molecule has 0 bridgehead atoms. The monoisotopic (exact) mass is 388 g/mol. The Morgan fingerprint density at radius 1 is 1.35 bits per heavy atom. The van der Waals surface area contributed by atoms with Crippen molar-refractivity contribution in [2.24, 2.45) is 0 Å². The number of fused-ring (bicyclic) bond motifs is 1. The Morgan fingerprint density at radius 2 is 2.08 bits per heavy atom. The first-order chi connectivity index (χ1) is 12.5. The number of hydrogen-bond acceptors (Lipinski definition) is 6. The quantitative estimate of drug-likeness (QED) is 0.385. The van der Waals surface area contributed by atoms with Crippen molar-refractivity contribution < 1.29 is 9.53 Å². The molecule has 0 aliphatic carbocycles. The number of thiophene rings is 1. The number of nitrogens with one attached hydrogen (secondary N) is 1. The van der Waals surface area contributed by atoms with E-state index in [1.54, 1.807) is 0 Å². The Balaban J connectivity index is 1.88. The number of carbonyl (C=O) groups excluding carboxylic acids is 1. The lowest BCUT2D eigenvalue weighted by Crippen LogP contribution is -2.16. The number of aromatic nitrogens is 2. The summed E-state index contributed by atoms with van der Waals surface area (Å²) in [4.78, 5) is 33.5. The minimum atomic E-state index is -0.306. The standard InChI is InChI=1S/C19H20N2O3S2/c1-4-11(2)24-14(22)10-25-19-20-17(23)16-15(12(3)26-18(16)21-19)13-8-6-5-7-9-13/h5-9,11H,4,10H2,1-3H3,(H,20,21,23). The minimum absolute atomic E-state index is 0.106. The SMILES string of the molecule is CCC(C)OC(=O)CSc1nc2sc(C)c(-c3ccccc3)c2c(=O)[nH]1. The Kier molecular flexibility index (Phi) is 5.78. The van der Waals surface area contributed by atoms with Crippen LogP contribution in [0.15, 0.2) is 40.3 Å². The number of carbonyl (C=O) groups is 1. The van der Waals surface area contributed by atoms with Gasteiger partial charge in [-0.1, -0.05) is 49.0 Å². The molecule has 136 valence electrons. The Morgan fingerprint density at radius 3 is 2.77 bits per heavy atom. The average molecular weight is 389 g/mol. The maximum absolute atomic E-state index is 12.7. The topological polar surface area (TPSA) is 72.0 Å². The van der Waals surface area contributed by atoms with Crippen molar-refractivity contribution in [3.63, 3.8) is 0 Å². The zero-order valence-electron chi connectivity index (χ0n) is 14.9. The molecule has 0 saturated carbocycles. The van der Waals surface area contributed by atoms with Crippen LogP contribution in [0.5, 0.6) is 0 Å². The molecule has 0 spiro atoms. The van der Waals surface area contributed by atoms with Crippen molar-refractivity contribution in [1.29, 1.82) is 0 Å². The van der Waals surface area contributed by atoms with Gasteiger partial charge in [0, 0.05) is 10.4 Å². The van der Waals surface area contributed by atoms with Crippen LogP contribution in [0.3, 0.4) is 0 Å². The van der Waals surface area contributed by atoms with Crippen molar-refractivity contribution in [1.82, 2.24) is 9.97 Å². The summed E-state index contributed by atoms with van der Waals surface area (Å²) in [6, 6.07) is 9.83. The molecule has 2 heterocycles. The lowest BCUT2D eigenvalue weighted by atomic mass is 10.0. The normalized spacial score (nSPS) is 12.3. The molecule has 0 aliphatic heterocycles. The number of nitrogens with zero attached hydrogens (tertiary/aromatic N) is 1. The van der Waals surface area contributed by atoms with Gasteiger partial charge in [0.2, 0.25) is 0 Å². The van der Waals surface area contributed by atoms with Gasteiger partial charge in [0.25, 0.3) is 5.56 Å². The molecule has 3 aromatic rings. The third kappa shape index (κ3) is 3.99. The van der Waals surface area contributed by atoms with E-state index in [0.29, 0.717) is 15.4 Å². The van der Waals surface area contributed by atoms with Gasteiger partial charge < -0.3 is 9.72 Å². The first-order valence-corrected chi connectivity index (χ1v) is 10.2. The summed E-state index contributed by atoms with van der Waals surface area (Å²) >= 11 is 2.68. The van der Waals surface area contributed by atoms with Crippen molar-refractivity contribution in [3.05, 3.63) is 45.6 Å². The third-order valence-electron chi connectivity index (χ3n) is 4.01. The number of thioether (sulfide) groups is 1. The summed E-state index contributed by atoms with van der Waals surface area (Å²) in [6.45, 7) is 5.81. The number of hydrogen-bond donors (Lipinski definition) is 1. The van der Waals surface area contributed by atoms with Crippen LogP contribution in [0.2, 0.25) is 0 Å². The summed E-state index contributed by atoms with van der Waals surface area (Å²) in [6.07, 6.45) is 0.666. The summed E-state index contributed by atoms with van der Waals surface area (Å²) in [5.41, 5.74) is 1.74. The number of esters is 1. The Labute approximate surface area is 159 Å². The fraction of sp³-hybridized carbons (Fsp3) is 0.316. The van der Waals surface area contributed by atoms with Gasteiger partial charge >= 0.3 is 5.97 Å². The second kappa shape index (κ2) is 8.05. The zero-order valence-corrected chi connectivity index (χ0v) is 16.5. The number of H-pyrrole nitrogens is 1. The molecule has 0 saturated heterocycles. The maximum atomic E-state index is 12.7. The summed E-state index contributed by atoms with van der Waals surface area (Å²) < 4.78 is 5.24. The highest BCUT2D eigenvalue weighted by atomic mass is 32.2. The summed E-state index contributed by atoms with van der Waals surface area (Å²) in [5.74, 6) is -0.186. The lowest BCUT2D eigenvalue weighted by Gasteiger charge is -2.10. The van der Waals surface area contributed by atoms with E-state index < -0.39 is 0 Å². The molecular formula is C19H20N2O3S2. The fourth-order valence-electron chi connectivity index (χ4n) is 2.59. The van der Waals surface area contributed by atoms with Gasteiger partial charge in [-0.3, -0.25) is 9.59 Å². The molecule has 7 heteroatoms. The van der Waals surface area contributed by atoms with Crippen molar-refractivity contribution in [3.8, 4) is 11.1 Å². The van der Waals surface area contributed by atoms with Gasteiger partial charge in [0.15, 0.2) is 5.16 Å². The Bertz CT molecular complexity index is 980. The van der Waals surface area contributed by atoms with Gasteiger partial charge in [-0.25, -0.2) is 4.98 Å². The number of benzene rings is 1. The predicted molar refractivity (Wildman–Crippen MR) is 107 cm³/mol. The molecule has 5 nitrogen and oxygen atoms in total. The molecule has 1 atom stereocenters. The van der Waals surface area contributed by atoms with Crippen LogP contribution in [0.4, 0.5) is 0 Å². The average Bonchev–Trinajstić information content (AvgIpc) is 2.97. The summed E-state index contributed by atoms with van der Waals surface area (Å²) in [5, 5.41) is 1.04. The van der Waals surface area contributed by atoms with Crippen molar-refractivity contribution in [2.45, 2.75) is 38.5 Å². The summed E-state index contributed by atoms with van der Waals surface area (Å²) in [7, 11) is 0. The van der Waals surface area contributed by atoms with E-state index >= 15 is 0 Å². The first-order valence-electron chi connectivity index (χ1n) is 8.40. The minimum Gasteiger partial charge on any atom is -0.462 e. The molecule has 0 aliphatic rings. The molecule has 2 aromatic heterocycles. The second-order valence-electron chi connectivity index (χ2n) is 5.95. The van der Waals surface area contributed by atoms with E-state index in [2.05, 4.69) is 9.97 Å². The van der Waals surface area contributed by atoms with Crippen LogP contribution >= 0.6 is 23.1 Å². The smallest absolute Gasteiger partial charge is 0.316 e. The van der Waals surface area contributed by atoms with E-state index in [1.165, 1.54) is 23.1 Å². The lowest BCUT2D eigenvalue weighted by molar-refractivity contribution is -0.144. The molecule has 3 rings (SSSR count). The van der Waals surface area contributed by atoms with Crippen LogP contribution in [0.1, 0.15) is 25.1 Å². The Hall–Kier alpha value is -2.12. The zero-order chi connectivity index (χ0) is 18.7. The molecule has 26 heavy (non-hydrogen) atoms. The van der Waals surface area contributed by atoms with Crippen LogP contribution in [0, 0.1) is 6.92 Å². The van der Waals surface area contributed by atoms with Crippen LogP contribution in [-0.4, -0.2) is 27.8 Å². The van der Waals surface area contributed by atoms with Crippen LogP contribution in [0.25, 0.3) is 21.3 Å². The van der Waals surface area contributed by atoms with Gasteiger partial charge in [-0.2, -0.15) is 0 Å². The van der Waals surface area contributed by atoms with E-state index in [4.69, 9.17) is 4.74 Å². The van der Waals surface area contributed by atoms with Crippen LogP contribution in [-0.2, 0) is 9.53 Å². The molecule has 0 amide bonds. The molecule has 1 unspecified atom stereocenters. The highest BCUT2D eigenvalue weighted by Crippen LogP contribution is 2.35. The van der Waals surface area contributed by atoms with Gasteiger partial charge in [-0.05, 0) is 25.8 Å². The fourth-order valence-corrected chi connectivity index (χ4v) is 4.34. The molecule has 0 fully saturated rings. The second-order valence-corrected chi connectivity index (χ2v) is 8.12. The van der Waals surface area contributed by atoms with Crippen LogP contribution < -0.4 is 5.56 Å². The number of rotatable bonds is 6. The molecule has 0 radical (unpaired) electrons. The van der Waals surface area contributed by atoms with E-state index in [-0.39, 0.29) is 23.4 Å². The van der Waals surface area contributed by atoms with E-state index in [1.807, 2.05) is 51.1 Å². The molecular weight excluding hydrogens is 368 g/mol. The van der Waals surface area contributed by atoms with Gasteiger partial charge in [0.05, 0.1) is 17.2 Å². The van der Waals surface area contributed by atoms with Gasteiger partial charge in [0.1, 0.15) is 4.83 Å². The molecule has 1 aromatic carbocycles. The highest BCUT2D eigenvalue weighted by Gasteiger charge is 2.17. The third-order valence-corrected chi connectivity index (χ3v) is 5.86. The van der Waals surface area contributed by atoms with E-state index in [0.717, 1.165) is 22.4 Å². The predicted octanol–water partition coefficient (Wildman–Crippen LogP) is 4.39. The van der Waals surface area contributed by atoms with Crippen molar-refractivity contribution >= 4 is 39.3 Å². The maximum Gasteiger partial charge on any atom is 0.316 e. The first kappa shape index (κ1) is 18.7. The largest absolute Gasteiger partial charge is 0.462 e. The number of ether oxygens (including phenoxy) is 1. The number of aryl methyl sites for hydroxylation is 1. The van der Waals surface area contributed by atoms with Crippen molar-refractivity contribution in [2.75, 3.05) is 5.75 Å². The highest BCUT2D eigenvalue weighted by molar-refractivity contribution is 7.99. The van der Waals surface area contributed by atoms with Gasteiger partial charge in [-0.15, -0.1) is 11.3 Å². The molecule has 1 N–H and O–H groups in total. The van der Waals surface area contributed by atoms with E-state index in [9.17, 15) is 9.59 Å². The number of aromatic amines is 1.